The number of carboxylic acid groups (broad SMARTS) is 1. The predicted octanol–water partition coefficient (Wildman–Crippen LogP) is 5.74. The number of likely N-dealkylation sites (tertiary alicyclic amines) is 1. The highest BCUT2D eigenvalue weighted by atomic mass is 35.5. The van der Waals surface area contributed by atoms with Gasteiger partial charge in [0.1, 0.15) is 0 Å². The van der Waals surface area contributed by atoms with Crippen LogP contribution < -0.4 is 0 Å². The smallest absolute Gasteiger partial charge is 0.304 e. The number of piperidine rings is 1. The van der Waals surface area contributed by atoms with Gasteiger partial charge in [-0.1, -0.05) is 68.2 Å². The molecule has 9 heteroatoms. The molecule has 190 valence electrons. The predicted molar refractivity (Wildman–Crippen MR) is 139 cm³/mol. The van der Waals surface area contributed by atoms with Crippen molar-refractivity contribution in [1.82, 2.24) is 4.90 Å². The number of hydrogen-bond acceptors (Lipinski definition) is 4. The minimum absolute atomic E-state index is 0.0404. The highest BCUT2D eigenvalue weighted by Gasteiger charge is 2.52. The lowest BCUT2D eigenvalue weighted by atomic mass is 9.67. The van der Waals surface area contributed by atoms with E-state index < -0.39 is 33.3 Å². The van der Waals surface area contributed by atoms with Crippen molar-refractivity contribution in [2.75, 3.05) is 11.5 Å². The molecule has 1 saturated heterocycles. The summed E-state index contributed by atoms with van der Waals surface area (Å²) in [4.78, 5) is 27.5. The Balaban J connectivity index is 2.26. The van der Waals surface area contributed by atoms with E-state index in [0.29, 0.717) is 16.5 Å². The van der Waals surface area contributed by atoms with Crippen LogP contribution in [0, 0.1) is 5.41 Å². The summed E-state index contributed by atoms with van der Waals surface area (Å²) in [6.45, 7) is 5.09. The average Bonchev–Trinajstić information content (AvgIpc) is 2.79. The van der Waals surface area contributed by atoms with Crippen molar-refractivity contribution >= 4 is 44.9 Å². The number of benzene rings is 2. The van der Waals surface area contributed by atoms with Crippen LogP contribution in [0.3, 0.4) is 0 Å². The van der Waals surface area contributed by atoms with Gasteiger partial charge in [0.2, 0.25) is 5.91 Å². The van der Waals surface area contributed by atoms with E-state index in [4.69, 9.17) is 23.2 Å². The number of aliphatic carboxylic acids is 1. The molecule has 0 spiro atoms. The summed E-state index contributed by atoms with van der Waals surface area (Å²) in [5.41, 5.74) is 0.447. The van der Waals surface area contributed by atoms with Crippen LogP contribution in [-0.2, 0) is 19.4 Å². The molecule has 1 aliphatic heterocycles. The summed E-state index contributed by atoms with van der Waals surface area (Å²) in [5, 5.41) is 10.7. The van der Waals surface area contributed by atoms with E-state index in [0.717, 1.165) is 11.1 Å². The molecule has 0 aromatic heterocycles. The van der Waals surface area contributed by atoms with Crippen LogP contribution in [-0.4, -0.2) is 47.8 Å². The molecular formula is C26H31Cl2NO5S. The summed E-state index contributed by atoms with van der Waals surface area (Å²) in [6.07, 6.45) is 0.323. The highest BCUT2D eigenvalue weighted by molar-refractivity contribution is 7.91. The zero-order valence-corrected chi connectivity index (χ0v) is 22.4. The quantitative estimate of drug-likeness (QED) is 0.438. The standard InChI is InChI=1S/C26H31Cl2NO5S/c1-4-21(16-35(33,34)5-2)29-24(17-9-11-19(27)12-10-17)22(18-7-6-8-20(28)13-18)14-26(3,25(29)32)15-23(30)31/h6-13,21-22,24H,4-5,14-16H2,1-3H3,(H,30,31)/t21?,22-,24-,26-/m1/s1. The number of carbonyl (C=O) groups excluding carboxylic acids is 1. The molecule has 0 saturated carbocycles. The Morgan fingerprint density at radius 1 is 1.11 bits per heavy atom. The van der Waals surface area contributed by atoms with E-state index in [1.165, 1.54) is 0 Å². The first-order chi connectivity index (χ1) is 16.4. The third-order valence-corrected chi connectivity index (χ3v) is 9.14. The van der Waals surface area contributed by atoms with Gasteiger partial charge in [0.15, 0.2) is 9.84 Å². The van der Waals surface area contributed by atoms with Crippen LogP contribution in [0.4, 0.5) is 0 Å². The van der Waals surface area contributed by atoms with Crippen molar-refractivity contribution in [2.24, 2.45) is 5.41 Å². The topological polar surface area (TPSA) is 91.8 Å². The second-order valence-electron chi connectivity index (χ2n) is 9.47. The Hall–Kier alpha value is -2.09. The number of halogens is 2. The summed E-state index contributed by atoms with van der Waals surface area (Å²) in [5.74, 6) is -1.97. The molecule has 6 nitrogen and oxygen atoms in total. The minimum Gasteiger partial charge on any atom is -0.481 e. The monoisotopic (exact) mass is 539 g/mol. The van der Waals surface area contributed by atoms with Gasteiger partial charge < -0.3 is 10.0 Å². The molecular weight excluding hydrogens is 509 g/mol. The molecule has 1 heterocycles. The fourth-order valence-electron chi connectivity index (χ4n) is 5.09. The van der Waals surface area contributed by atoms with Gasteiger partial charge in [0.25, 0.3) is 0 Å². The third-order valence-electron chi connectivity index (χ3n) is 6.88. The molecule has 2 aromatic carbocycles. The number of amides is 1. The van der Waals surface area contributed by atoms with Gasteiger partial charge in [0, 0.05) is 27.8 Å². The molecule has 1 aliphatic rings. The van der Waals surface area contributed by atoms with Crippen LogP contribution in [0.25, 0.3) is 0 Å². The van der Waals surface area contributed by atoms with Crippen molar-refractivity contribution < 1.29 is 23.1 Å². The molecule has 2 aromatic rings. The lowest BCUT2D eigenvalue weighted by molar-refractivity contribution is -0.160. The number of nitrogens with zero attached hydrogens (tertiary/aromatic N) is 1. The molecule has 3 rings (SSSR count). The average molecular weight is 541 g/mol. The fourth-order valence-corrected chi connectivity index (χ4v) is 6.63. The Morgan fingerprint density at radius 3 is 2.31 bits per heavy atom. The van der Waals surface area contributed by atoms with Gasteiger partial charge in [-0.05, 0) is 48.2 Å². The molecule has 0 radical (unpaired) electrons. The van der Waals surface area contributed by atoms with Crippen LogP contribution in [0.1, 0.15) is 63.1 Å². The highest BCUT2D eigenvalue weighted by Crippen LogP contribution is 2.52. The van der Waals surface area contributed by atoms with Gasteiger partial charge in [-0.2, -0.15) is 0 Å². The second kappa shape index (κ2) is 10.9. The number of sulfone groups is 1. The van der Waals surface area contributed by atoms with Crippen LogP contribution >= 0.6 is 23.2 Å². The van der Waals surface area contributed by atoms with Gasteiger partial charge in [0.05, 0.1) is 23.6 Å². The normalized spacial score (nSPS) is 23.8. The van der Waals surface area contributed by atoms with Crippen molar-refractivity contribution in [3.8, 4) is 0 Å². The van der Waals surface area contributed by atoms with Gasteiger partial charge in [-0.25, -0.2) is 8.42 Å². The maximum absolute atomic E-state index is 14.1. The van der Waals surface area contributed by atoms with E-state index in [1.54, 1.807) is 36.9 Å². The first-order valence-corrected chi connectivity index (χ1v) is 14.2. The third kappa shape index (κ3) is 6.19. The van der Waals surface area contributed by atoms with E-state index >= 15 is 0 Å². The maximum Gasteiger partial charge on any atom is 0.304 e. The van der Waals surface area contributed by atoms with Gasteiger partial charge in [-0.15, -0.1) is 0 Å². The zero-order valence-electron chi connectivity index (χ0n) is 20.1. The fraction of sp³-hybridized carbons (Fsp3) is 0.462. The molecule has 0 aliphatic carbocycles. The Morgan fingerprint density at radius 2 is 1.77 bits per heavy atom. The van der Waals surface area contributed by atoms with Crippen molar-refractivity contribution in [1.29, 1.82) is 0 Å². The molecule has 4 atom stereocenters. The molecule has 35 heavy (non-hydrogen) atoms. The molecule has 1 fully saturated rings. The summed E-state index contributed by atoms with van der Waals surface area (Å²) in [7, 11) is -3.42. The zero-order chi connectivity index (χ0) is 26.0. The van der Waals surface area contributed by atoms with Crippen molar-refractivity contribution in [3.05, 3.63) is 69.7 Å². The number of carboxylic acids is 1. The van der Waals surface area contributed by atoms with Crippen molar-refractivity contribution in [2.45, 2.75) is 58.0 Å². The second-order valence-corrected chi connectivity index (χ2v) is 12.7. The molecule has 0 bridgehead atoms. The Labute approximate surface area is 217 Å². The maximum atomic E-state index is 14.1. The van der Waals surface area contributed by atoms with Crippen LogP contribution in [0.15, 0.2) is 48.5 Å². The first kappa shape index (κ1) is 27.5. The van der Waals surface area contributed by atoms with Crippen LogP contribution in [0.5, 0.6) is 0 Å². The Bertz CT molecular complexity index is 1180. The number of rotatable bonds is 9. The van der Waals surface area contributed by atoms with E-state index in [2.05, 4.69) is 0 Å². The largest absolute Gasteiger partial charge is 0.481 e. The molecule has 1 unspecified atom stereocenters. The minimum atomic E-state index is -3.42. The molecule has 1 amide bonds. The lowest BCUT2D eigenvalue weighted by Gasteiger charge is -2.51. The van der Waals surface area contributed by atoms with E-state index in [1.807, 2.05) is 37.3 Å². The van der Waals surface area contributed by atoms with Crippen LogP contribution in [0.2, 0.25) is 10.0 Å². The van der Waals surface area contributed by atoms with Gasteiger partial charge in [-0.3, -0.25) is 9.59 Å². The van der Waals surface area contributed by atoms with E-state index in [9.17, 15) is 23.1 Å². The lowest BCUT2D eigenvalue weighted by Crippen LogP contribution is -2.57. The summed E-state index contributed by atoms with van der Waals surface area (Å²) < 4.78 is 25.3. The SMILES string of the molecule is CCC(CS(=O)(=O)CC)N1C(=O)[C@@](C)(CC(=O)O)C[C@H](c2cccc(Cl)c2)[C@H]1c1ccc(Cl)cc1. The molecule has 1 N–H and O–H groups in total. The first-order valence-electron chi connectivity index (χ1n) is 11.7. The van der Waals surface area contributed by atoms with E-state index in [-0.39, 0.29) is 36.2 Å². The number of carbonyl (C=O) groups is 2. The van der Waals surface area contributed by atoms with Crippen molar-refractivity contribution in [3.63, 3.8) is 0 Å². The Kier molecular flexibility index (Phi) is 8.56. The summed E-state index contributed by atoms with van der Waals surface area (Å²) in [6, 6.07) is 13.3. The van der Waals surface area contributed by atoms with Gasteiger partial charge >= 0.3 is 5.97 Å². The number of hydrogen-bond donors (Lipinski definition) is 1. The summed E-state index contributed by atoms with van der Waals surface area (Å²) >= 11 is 12.5.